The number of benzene rings is 2. The van der Waals surface area contributed by atoms with Crippen LogP contribution in [0.15, 0.2) is 61.2 Å². The van der Waals surface area contributed by atoms with Crippen LogP contribution in [0.1, 0.15) is 12.0 Å². The van der Waals surface area contributed by atoms with Gasteiger partial charge in [-0.05, 0) is 37.1 Å². The number of amides is 1. The van der Waals surface area contributed by atoms with Gasteiger partial charge in [-0.15, -0.1) is 0 Å². The van der Waals surface area contributed by atoms with Gasteiger partial charge in [-0.2, -0.15) is 0 Å². The Bertz CT molecular complexity index is 1160. The number of methoxy groups -OCH3 is 1. The normalized spacial score (nSPS) is 10.9. The molecular weight excluding hydrogens is 412 g/mol. The van der Waals surface area contributed by atoms with Gasteiger partial charge in [-0.25, -0.2) is 9.97 Å². The Morgan fingerprint density at radius 2 is 2.00 bits per heavy atom. The van der Waals surface area contributed by atoms with Gasteiger partial charge < -0.3 is 14.0 Å². The Hall–Kier alpha value is -3.39. The van der Waals surface area contributed by atoms with E-state index in [0.717, 1.165) is 28.7 Å². The van der Waals surface area contributed by atoms with Crippen LogP contribution in [0.2, 0.25) is 0 Å². The molecule has 0 saturated carbocycles. The molecule has 0 bridgehead atoms. The van der Waals surface area contributed by atoms with E-state index in [-0.39, 0.29) is 12.5 Å². The van der Waals surface area contributed by atoms with Gasteiger partial charge in [0.15, 0.2) is 23.2 Å². The first-order valence-corrected chi connectivity index (χ1v) is 10.9. The predicted molar refractivity (Wildman–Crippen MR) is 122 cm³/mol. The molecule has 4 aromatic rings. The number of rotatable bonds is 9. The highest BCUT2D eigenvalue weighted by Gasteiger charge is 2.21. The number of imidazole rings is 1. The monoisotopic (exact) mass is 436 g/mol. The fourth-order valence-electron chi connectivity index (χ4n) is 3.30. The summed E-state index contributed by atoms with van der Waals surface area (Å²) in [6, 6.07) is 13.4. The lowest BCUT2D eigenvalue weighted by Gasteiger charge is -2.20. The number of carbonyl (C=O) groups excluding carboxylic acids is 1. The maximum Gasteiger partial charge on any atom is 0.266 e. The molecule has 0 radical (unpaired) electrons. The third-order valence-electron chi connectivity index (χ3n) is 4.92. The molecule has 2 aromatic heterocycles. The Kier molecular flexibility index (Phi) is 6.47. The van der Waals surface area contributed by atoms with E-state index in [0.29, 0.717) is 23.2 Å². The second-order valence-electron chi connectivity index (χ2n) is 7.06. The number of thiazole rings is 1. The Labute approximate surface area is 184 Å². The molecule has 0 saturated heterocycles. The standard InChI is InChI=1S/C23H24N4O3S/c1-17-7-5-10-20-22(17)25-23(31-20)27(13-6-12-26-14-11-24-16-26)21(28)15-30-19-9-4-3-8-18(19)29-2/h3-5,7-11,14,16H,6,12-13,15H2,1-2H3. The summed E-state index contributed by atoms with van der Waals surface area (Å²) in [5.74, 6) is 0.989. The van der Waals surface area contributed by atoms with E-state index in [1.807, 2.05) is 48.0 Å². The van der Waals surface area contributed by atoms with E-state index >= 15 is 0 Å². The van der Waals surface area contributed by atoms with Crippen LogP contribution in [0.4, 0.5) is 5.13 Å². The van der Waals surface area contributed by atoms with Crippen molar-refractivity contribution >= 4 is 32.6 Å². The van der Waals surface area contributed by atoms with E-state index in [4.69, 9.17) is 14.5 Å². The molecule has 0 aliphatic heterocycles. The summed E-state index contributed by atoms with van der Waals surface area (Å²) in [4.78, 5) is 23.7. The first kappa shape index (κ1) is 20.9. The number of ether oxygens (including phenoxy) is 2. The lowest BCUT2D eigenvalue weighted by molar-refractivity contribution is -0.120. The summed E-state index contributed by atoms with van der Waals surface area (Å²) in [7, 11) is 1.58. The maximum absolute atomic E-state index is 13.2. The van der Waals surface area contributed by atoms with Gasteiger partial charge in [0, 0.05) is 25.5 Å². The molecule has 0 N–H and O–H groups in total. The van der Waals surface area contributed by atoms with E-state index in [1.165, 1.54) is 11.3 Å². The highest BCUT2D eigenvalue weighted by molar-refractivity contribution is 7.22. The molecule has 1 amide bonds. The number of aromatic nitrogens is 3. The van der Waals surface area contributed by atoms with Gasteiger partial charge >= 0.3 is 0 Å². The minimum absolute atomic E-state index is 0.0969. The van der Waals surface area contributed by atoms with Crippen molar-refractivity contribution in [1.82, 2.24) is 14.5 Å². The molecular formula is C23H24N4O3S. The van der Waals surface area contributed by atoms with Crippen molar-refractivity contribution in [3.05, 3.63) is 66.7 Å². The van der Waals surface area contributed by atoms with Gasteiger partial charge in [0.05, 0.1) is 23.7 Å². The zero-order chi connectivity index (χ0) is 21.6. The zero-order valence-electron chi connectivity index (χ0n) is 17.5. The van der Waals surface area contributed by atoms with Crippen LogP contribution >= 0.6 is 11.3 Å². The van der Waals surface area contributed by atoms with Gasteiger partial charge in [0.1, 0.15) is 0 Å². The summed E-state index contributed by atoms with van der Waals surface area (Å²) >= 11 is 1.52. The van der Waals surface area contributed by atoms with Crippen molar-refractivity contribution in [2.45, 2.75) is 19.9 Å². The van der Waals surface area contributed by atoms with Gasteiger partial charge in [-0.1, -0.05) is 35.6 Å². The van der Waals surface area contributed by atoms with Crippen LogP contribution in [0.25, 0.3) is 10.2 Å². The minimum atomic E-state index is -0.145. The molecule has 0 aliphatic rings. The number of hydrogen-bond donors (Lipinski definition) is 0. The van der Waals surface area contributed by atoms with Crippen LogP contribution in [-0.2, 0) is 11.3 Å². The van der Waals surface area contributed by atoms with Gasteiger partial charge in [0.25, 0.3) is 5.91 Å². The first-order chi connectivity index (χ1) is 15.2. The van der Waals surface area contributed by atoms with Crippen molar-refractivity contribution in [1.29, 1.82) is 0 Å². The molecule has 0 aliphatic carbocycles. The lowest BCUT2D eigenvalue weighted by Crippen LogP contribution is -2.36. The average molecular weight is 437 g/mol. The third-order valence-corrected chi connectivity index (χ3v) is 5.96. The molecule has 8 heteroatoms. The SMILES string of the molecule is COc1ccccc1OCC(=O)N(CCCn1ccnc1)c1nc2c(C)cccc2s1. The summed E-state index contributed by atoms with van der Waals surface area (Å²) in [6.07, 6.45) is 6.21. The molecule has 0 fully saturated rings. The smallest absolute Gasteiger partial charge is 0.266 e. The third kappa shape index (κ3) is 4.86. The number of hydrogen-bond acceptors (Lipinski definition) is 6. The van der Waals surface area contributed by atoms with Crippen molar-refractivity contribution in [3.8, 4) is 11.5 Å². The molecule has 4 rings (SSSR count). The van der Waals surface area contributed by atoms with Crippen molar-refractivity contribution < 1.29 is 14.3 Å². The number of carbonyl (C=O) groups is 1. The zero-order valence-corrected chi connectivity index (χ0v) is 18.3. The number of aryl methyl sites for hydroxylation is 2. The second-order valence-corrected chi connectivity index (χ2v) is 8.07. The summed E-state index contributed by atoms with van der Waals surface area (Å²) in [5.41, 5.74) is 2.02. The average Bonchev–Trinajstić information content (AvgIpc) is 3.46. The lowest BCUT2D eigenvalue weighted by atomic mass is 10.2. The number of para-hydroxylation sites is 3. The first-order valence-electron chi connectivity index (χ1n) is 10.0. The highest BCUT2D eigenvalue weighted by atomic mass is 32.1. The van der Waals surface area contributed by atoms with Crippen molar-refractivity contribution in [3.63, 3.8) is 0 Å². The van der Waals surface area contributed by atoms with E-state index in [2.05, 4.69) is 4.98 Å². The molecule has 7 nitrogen and oxygen atoms in total. The molecule has 160 valence electrons. The highest BCUT2D eigenvalue weighted by Crippen LogP contribution is 2.31. The van der Waals surface area contributed by atoms with Gasteiger partial charge in [-0.3, -0.25) is 9.69 Å². The molecule has 2 heterocycles. The Balaban J connectivity index is 1.53. The number of nitrogens with zero attached hydrogens (tertiary/aromatic N) is 4. The van der Waals surface area contributed by atoms with E-state index in [1.54, 1.807) is 36.7 Å². The maximum atomic E-state index is 13.2. The summed E-state index contributed by atoms with van der Waals surface area (Å²) in [5, 5.41) is 0.684. The minimum Gasteiger partial charge on any atom is -0.493 e. The van der Waals surface area contributed by atoms with Crippen LogP contribution in [0.5, 0.6) is 11.5 Å². The quantitative estimate of drug-likeness (QED) is 0.391. The second kappa shape index (κ2) is 9.61. The number of fused-ring (bicyclic) bond motifs is 1. The Morgan fingerprint density at radius 1 is 1.16 bits per heavy atom. The van der Waals surface area contributed by atoms with Crippen LogP contribution in [0, 0.1) is 6.92 Å². The van der Waals surface area contributed by atoms with Gasteiger partial charge in [0.2, 0.25) is 0 Å². The molecule has 2 aromatic carbocycles. The van der Waals surface area contributed by atoms with Crippen LogP contribution in [0.3, 0.4) is 0 Å². The molecule has 0 unspecified atom stereocenters. The molecule has 0 spiro atoms. The predicted octanol–water partition coefficient (Wildman–Crippen LogP) is 4.31. The van der Waals surface area contributed by atoms with Crippen LogP contribution < -0.4 is 14.4 Å². The van der Waals surface area contributed by atoms with E-state index in [9.17, 15) is 4.79 Å². The Morgan fingerprint density at radius 3 is 2.74 bits per heavy atom. The topological polar surface area (TPSA) is 69.5 Å². The summed E-state index contributed by atoms with van der Waals surface area (Å²) < 4.78 is 14.2. The van der Waals surface area contributed by atoms with Crippen molar-refractivity contribution in [2.75, 3.05) is 25.2 Å². The number of anilines is 1. The molecule has 31 heavy (non-hydrogen) atoms. The fourth-order valence-corrected chi connectivity index (χ4v) is 4.39. The van der Waals surface area contributed by atoms with Crippen LogP contribution in [-0.4, -0.2) is 40.7 Å². The molecule has 0 atom stereocenters. The largest absolute Gasteiger partial charge is 0.493 e. The van der Waals surface area contributed by atoms with Crippen molar-refractivity contribution in [2.24, 2.45) is 0 Å². The van der Waals surface area contributed by atoms with E-state index < -0.39 is 0 Å². The summed E-state index contributed by atoms with van der Waals surface area (Å²) in [6.45, 7) is 3.23. The fraction of sp³-hybridized carbons (Fsp3) is 0.261.